The number of hydrogen-bond acceptors (Lipinski definition) is 3. The number of aromatic nitrogens is 1. The topological polar surface area (TPSA) is 51.2 Å². The Labute approximate surface area is 112 Å². The van der Waals surface area contributed by atoms with Crippen molar-refractivity contribution in [3.8, 4) is 17.6 Å². The third-order valence-electron chi connectivity index (χ3n) is 2.03. The van der Waals surface area contributed by atoms with Gasteiger partial charge in [0.05, 0.1) is 12.7 Å². The molecule has 5 heteroatoms. The van der Waals surface area contributed by atoms with E-state index in [0.717, 1.165) is 5.69 Å². The van der Waals surface area contributed by atoms with Gasteiger partial charge in [0, 0.05) is 5.69 Å². The van der Waals surface area contributed by atoms with Crippen LogP contribution in [0.15, 0.2) is 18.3 Å². The predicted molar refractivity (Wildman–Crippen MR) is 70.6 cm³/mol. The van der Waals surface area contributed by atoms with E-state index in [1.165, 1.54) is 0 Å². The summed E-state index contributed by atoms with van der Waals surface area (Å²) in [5.74, 6) is 6.00. The van der Waals surface area contributed by atoms with Crippen LogP contribution in [0.5, 0.6) is 5.75 Å². The quantitative estimate of drug-likeness (QED) is 0.664. The molecule has 0 aliphatic heterocycles. The number of aryl methyl sites for hydroxylation is 1. The largest absolute Gasteiger partial charge is 0.479 e. The Morgan fingerprint density at radius 3 is 2.94 bits per heavy atom. The molecule has 0 radical (unpaired) electrons. The molecule has 1 aromatic rings. The molecule has 0 bridgehead atoms. The minimum absolute atomic E-state index is 0.227. The Morgan fingerprint density at radius 1 is 1.56 bits per heavy atom. The number of hydrogen-bond donors (Lipinski definition) is 1. The van der Waals surface area contributed by atoms with Crippen LogP contribution in [0.25, 0.3) is 0 Å². The molecule has 0 saturated heterocycles. The maximum Gasteiger partial charge on any atom is 0.238 e. The zero-order valence-electron chi connectivity index (χ0n) is 10.4. The van der Waals surface area contributed by atoms with E-state index in [1.54, 1.807) is 13.1 Å². The summed E-state index contributed by atoms with van der Waals surface area (Å²) in [6, 6.07) is 3.70. The summed E-state index contributed by atoms with van der Waals surface area (Å²) in [6.45, 7) is 4.05. The van der Waals surface area contributed by atoms with Crippen LogP contribution >= 0.6 is 11.6 Å². The van der Waals surface area contributed by atoms with Crippen molar-refractivity contribution in [2.45, 2.75) is 19.2 Å². The Hall–Kier alpha value is -1.73. The van der Waals surface area contributed by atoms with E-state index < -0.39 is 5.38 Å². The smallest absolute Gasteiger partial charge is 0.238 e. The van der Waals surface area contributed by atoms with Gasteiger partial charge in [-0.2, -0.15) is 0 Å². The Balaban J connectivity index is 2.22. The molecule has 1 atom stereocenters. The number of alkyl halides is 1. The minimum Gasteiger partial charge on any atom is -0.479 e. The normalized spacial score (nSPS) is 11.1. The van der Waals surface area contributed by atoms with Gasteiger partial charge in [-0.1, -0.05) is 11.8 Å². The fraction of sp³-hybridized carbons (Fsp3) is 0.385. The Kier molecular flexibility index (Phi) is 6.03. The fourth-order valence-corrected chi connectivity index (χ4v) is 1.12. The number of carbonyl (C=O) groups is 1. The summed E-state index contributed by atoms with van der Waals surface area (Å²) in [5, 5.41) is 2.04. The summed E-state index contributed by atoms with van der Waals surface area (Å²) in [7, 11) is 0. The van der Waals surface area contributed by atoms with Gasteiger partial charge in [-0.05, 0) is 26.0 Å². The molecule has 4 nitrogen and oxygen atoms in total. The van der Waals surface area contributed by atoms with E-state index in [9.17, 15) is 4.79 Å². The van der Waals surface area contributed by atoms with Gasteiger partial charge in [0.25, 0.3) is 0 Å². The molecule has 1 heterocycles. The second kappa shape index (κ2) is 7.57. The van der Waals surface area contributed by atoms with Crippen molar-refractivity contribution in [2.75, 3.05) is 13.2 Å². The van der Waals surface area contributed by atoms with Crippen LogP contribution < -0.4 is 10.1 Å². The predicted octanol–water partition coefficient (Wildman–Crippen LogP) is 1.52. The third kappa shape index (κ3) is 5.55. The van der Waals surface area contributed by atoms with Crippen LogP contribution in [0, 0.1) is 18.8 Å². The van der Waals surface area contributed by atoms with E-state index in [2.05, 4.69) is 22.1 Å². The van der Waals surface area contributed by atoms with Crippen LogP contribution in [0.3, 0.4) is 0 Å². The van der Waals surface area contributed by atoms with Crippen LogP contribution in [0.1, 0.15) is 12.6 Å². The first kappa shape index (κ1) is 14.3. The highest BCUT2D eigenvalue weighted by Crippen LogP contribution is 2.07. The molecule has 0 aliphatic rings. The third-order valence-corrected chi connectivity index (χ3v) is 2.23. The highest BCUT2D eigenvalue weighted by molar-refractivity contribution is 6.30. The lowest BCUT2D eigenvalue weighted by Crippen LogP contribution is -2.29. The Morgan fingerprint density at radius 2 is 2.33 bits per heavy atom. The lowest BCUT2D eigenvalue weighted by Gasteiger charge is -2.02. The zero-order valence-corrected chi connectivity index (χ0v) is 11.1. The van der Waals surface area contributed by atoms with Crippen molar-refractivity contribution in [1.29, 1.82) is 0 Å². The standard InChI is InChI=1S/C13H15ClN2O2/c1-10-5-6-12(9-16-10)18-8-4-3-7-15-13(17)11(2)14/h5-6,9,11H,7-8H2,1-2H3,(H,15,17). The number of ether oxygens (including phenoxy) is 1. The molecule has 0 fully saturated rings. The molecule has 0 aliphatic carbocycles. The van der Waals surface area contributed by atoms with Crippen LogP contribution in [0.4, 0.5) is 0 Å². The maximum atomic E-state index is 11.1. The Bertz CT molecular complexity index is 446. The first-order chi connectivity index (χ1) is 8.59. The summed E-state index contributed by atoms with van der Waals surface area (Å²) >= 11 is 5.57. The number of nitrogens with one attached hydrogen (secondary N) is 1. The van der Waals surface area contributed by atoms with Crippen molar-refractivity contribution < 1.29 is 9.53 Å². The van der Waals surface area contributed by atoms with Crippen molar-refractivity contribution in [3.05, 3.63) is 24.0 Å². The molecule has 18 heavy (non-hydrogen) atoms. The number of carbonyl (C=O) groups excluding carboxylic acids is 1. The number of amides is 1. The summed E-state index contributed by atoms with van der Waals surface area (Å²) in [4.78, 5) is 15.2. The molecule has 96 valence electrons. The second-order valence-corrected chi connectivity index (χ2v) is 4.27. The van der Waals surface area contributed by atoms with Gasteiger partial charge >= 0.3 is 0 Å². The number of halogens is 1. The van der Waals surface area contributed by atoms with Gasteiger partial charge in [-0.15, -0.1) is 11.6 Å². The first-order valence-corrected chi connectivity index (χ1v) is 5.96. The van der Waals surface area contributed by atoms with E-state index in [0.29, 0.717) is 5.75 Å². The van der Waals surface area contributed by atoms with Gasteiger partial charge in [0.15, 0.2) is 0 Å². The van der Waals surface area contributed by atoms with Crippen molar-refractivity contribution in [3.63, 3.8) is 0 Å². The van der Waals surface area contributed by atoms with Crippen LogP contribution in [-0.4, -0.2) is 29.4 Å². The number of nitrogens with zero attached hydrogens (tertiary/aromatic N) is 1. The molecular weight excluding hydrogens is 252 g/mol. The summed E-state index contributed by atoms with van der Waals surface area (Å²) < 4.78 is 5.34. The average molecular weight is 267 g/mol. The highest BCUT2D eigenvalue weighted by Gasteiger charge is 2.05. The van der Waals surface area contributed by atoms with Gasteiger partial charge in [-0.3, -0.25) is 9.78 Å². The maximum absolute atomic E-state index is 11.1. The molecule has 1 amide bonds. The lowest BCUT2D eigenvalue weighted by atomic mass is 10.4. The van der Waals surface area contributed by atoms with E-state index in [1.807, 2.05) is 19.1 Å². The van der Waals surface area contributed by atoms with Crippen LogP contribution in [0.2, 0.25) is 0 Å². The van der Waals surface area contributed by atoms with Crippen molar-refractivity contribution in [2.24, 2.45) is 0 Å². The van der Waals surface area contributed by atoms with Gasteiger partial charge in [-0.25, -0.2) is 0 Å². The van der Waals surface area contributed by atoms with Crippen molar-refractivity contribution >= 4 is 17.5 Å². The van der Waals surface area contributed by atoms with Gasteiger partial charge in [0.1, 0.15) is 17.7 Å². The average Bonchev–Trinajstić information content (AvgIpc) is 2.35. The van der Waals surface area contributed by atoms with E-state index >= 15 is 0 Å². The van der Waals surface area contributed by atoms with Crippen molar-refractivity contribution in [1.82, 2.24) is 10.3 Å². The summed E-state index contributed by atoms with van der Waals surface area (Å²) in [6.07, 6.45) is 1.65. The van der Waals surface area contributed by atoms with E-state index in [4.69, 9.17) is 16.3 Å². The van der Waals surface area contributed by atoms with E-state index in [-0.39, 0.29) is 19.1 Å². The summed E-state index contributed by atoms with van der Waals surface area (Å²) in [5.41, 5.74) is 0.936. The number of pyridine rings is 1. The molecule has 0 spiro atoms. The SMILES string of the molecule is Cc1ccc(OCC#CCNC(=O)C(C)Cl)cn1. The molecule has 1 N–H and O–H groups in total. The van der Waals surface area contributed by atoms with Gasteiger partial charge < -0.3 is 10.1 Å². The molecule has 0 aromatic carbocycles. The minimum atomic E-state index is -0.540. The first-order valence-electron chi connectivity index (χ1n) is 5.52. The second-order valence-electron chi connectivity index (χ2n) is 3.61. The molecular formula is C13H15ClN2O2. The highest BCUT2D eigenvalue weighted by atomic mass is 35.5. The lowest BCUT2D eigenvalue weighted by molar-refractivity contribution is -0.120. The molecule has 1 rings (SSSR count). The number of rotatable bonds is 4. The van der Waals surface area contributed by atoms with Gasteiger partial charge in [0.2, 0.25) is 5.91 Å². The van der Waals surface area contributed by atoms with Crippen LogP contribution in [-0.2, 0) is 4.79 Å². The fourth-order valence-electron chi connectivity index (χ4n) is 1.04. The molecule has 1 unspecified atom stereocenters. The monoisotopic (exact) mass is 266 g/mol. The zero-order chi connectivity index (χ0) is 13.4. The molecule has 0 saturated carbocycles. The molecule has 1 aromatic heterocycles.